The smallest absolute Gasteiger partial charge is 0.158 e. The number of rotatable bonds is 4. The molecule has 0 fully saturated rings. The normalized spacial score (nSPS) is 10.5. The predicted molar refractivity (Wildman–Crippen MR) is 39.6 cm³/mol. The van der Waals surface area contributed by atoms with Crippen molar-refractivity contribution in [2.75, 3.05) is 11.5 Å². The lowest BCUT2D eigenvalue weighted by atomic mass is 10.5. The van der Waals surface area contributed by atoms with E-state index in [2.05, 4.69) is 0 Å². The van der Waals surface area contributed by atoms with E-state index in [0.29, 0.717) is 0 Å². The summed E-state index contributed by atoms with van der Waals surface area (Å²) in [7, 11) is -3.32. The van der Waals surface area contributed by atoms with E-state index in [4.69, 9.17) is 5.26 Å². The van der Waals surface area contributed by atoms with Crippen LogP contribution in [-0.2, 0) is 14.6 Å². The highest BCUT2D eigenvalue weighted by Crippen LogP contribution is 1.93. The number of Topliss-reactive ketones (excluding diaryl/α,β-unsaturated/α-hetero) is 1. The Morgan fingerprint density at radius 1 is 1.55 bits per heavy atom. The number of sulfone groups is 1. The molecule has 0 N–H and O–H groups in total. The Bertz CT molecular complexity index is 273. The summed E-state index contributed by atoms with van der Waals surface area (Å²) in [6.45, 7) is 1.21. The second-order valence-corrected chi connectivity index (χ2v) is 4.39. The number of nitriles is 1. The van der Waals surface area contributed by atoms with E-state index < -0.39 is 15.6 Å². The maximum Gasteiger partial charge on any atom is 0.158 e. The molecule has 0 spiro atoms. The molecule has 0 atom stereocenters. The summed E-state index contributed by atoms with van der Waals surface area (Å²) in [6, 6.07) is 1.71. The van der Waals surface area contributed by atoms with Crippen LogP contribution in [0.1, 0.15) is 13.3 Å². The third-order valence-electron chi connectivity index (χ3n) is 0.948. The van der Waals surface area contributed by atoms with Crippen molar-refractivity contribution >= 4 is 15.6 Å². The zero-order valence-corrected chi connectivity index (χ0v) is 7.02. The van der Waals surface area contributed by atoms with Gasteiger partial charge in [-0.2, -0.15) is 5.26 Å². The largest absolute Gasteiger partial charge is 0.299 e. The van der Waals surface area contributed by atoms with Gasteiger partial charge in [0.2, 0.25) is 0 Å². The summed E-state index contributed by atoms with van der Waals surface area (Å²) in [5.74, 6) is -1.06. The fourth-order valence-electron chi connectivity index (χ4n) is 0.583. The summed E-state index contributed by atoms with van der Waals surface area (Å²) in [6.07, 6.45) is -0.0460. The van der Waals surface area contributed by atoms with E-state index >= 15 is 0 Å². The SMILES string of the molecule is CC(=O)CS(=O)(=O)CCC#N. The summed E-state index contributed by atoms with van der Waals surface area (Å²) in [5.41, 5.74) is 0. The van der Waals surface area contributed by atoms with Crippen LogP contribution in [0.2, 0.25) is 0 Å². The van der Waals surface area contributed by atoms with Crippen molar-refractivity contribution in [3.8, 4) is 6.07 Å². The topological polar surface area (TPSA) is 75.0 Å². The lowest BCUT2D eigenvalue weighted by Crippen LogP contribution is -2.16. The van der Waals surface area contributed by atoms with Crippen molar-refractivity contribution in [1.82, 2.24) is 0 Å². The number of carbonyl (C=O) groups is 1. The van der Waals surface area contributed by atoms with Crippen LogP contribution < -0.4 is 0 Å². The van der Waals surface area contributed by atoms with Gasteiger partial charge in [-0.05, 0) is 6.92 Å². The molecule has 62 valence electrons. The van der Waals surface area contributed by atoms with Crippen LogP contribution in [0, 0.1) is 11.3 Å². The van der Waals surface area contributed by atoms with Gasteiger partial charge in [-0.1, -0.05) is 0 Å². The van der Waals surface area contributed by atoms with Gasteiger partial charge in [0.25, 0.3) is 0 Å². The monoisotopic (exact) mass is 175 g/mol. The first-order valence-electron chi connectivity index (χ1n) is 3.05. The quantitative estimate of drug-likeness (QED) is 0.598. The minimum Gasteiger partial charge on any atom is -0.299 e. The summed E-state index contributed by atoms with van der Waals surface area (Å²) in [5, 5.41) is 8.06. The molecule has 0 aliphatic rings. The zero-order chi connectivity index (χ0) is 8.91. The van der Waals surface area contributed by atoms with Gasteiger partial charge in [-0.3, -0.25) is 4.79 Å². The molecule has 5 heteroatoms. The van der Waals surface area contributed by atoms with Crippen LogP contribution in [0.25, 0.3) is 0 Å². The second kappa shape index (κ2) is 4.09. The van der Waals surface area contributed by atoms with Crippen LogP contribution >= 0.6 is 0 Å². The maximum absolute atomic E-state index is 10.8. The van der Waals surface area contributed by atoms with Crippen LogP contribution in [0.15, 0.2) is 0 Å². The predicted octanol–water partition coefficient (Wildman–Crippen LogP) is -0.0961. The number of ketones is 1. The first-order valence-corrected chi connectivity index (χ1v) is 4.87. The Morgan fingerprint density at radius 2 is 2.09 bits per heavy atom. The molecule has 0 aliphatic carbocycles. The Morgan fingerprint density at radius 3 is 2.45 bits per heavy atom. The van der Waals surface area contributed by atoms with E-state index in [1.807, 2.05) is 0 Å². The zero-order valence-electron chi connectivity index (χ0n) is 6.20. The number of hydrogen-bond donors (Lipinski definition) is 0. The van der Waals surface area contributed by atoms with Gasteiger partial charge in [0.15, 0.2) is 9.84 Å². The molecule has 0 bridgehead atoms. The molecule has 0 saturated carbocycles. The lowest BCUT2D eigenvalue weighted by Gasteiger charge is -1.95. The van der Waals surface area contributed by atoms with Gasteiger partial charge >= 0.3 is 0 Å². The molecule has 0 aromatic carbocycles. The van der Waals surface area contributed by atoms with E-state index in [0.717, 1.165) is 0 Å². The molecular weight excluding hydrogens is 166 g/mol. The molecule has 0 aromatic rings. The van der Waals surface area contributed by atoms with Crippen LogP contribution in [0.5, 0.6) is 0 Å². The van der Waals surface area contributed by atoms with Crippen molar-refractivity contribution in [2.24, 2.45) is 0 Å². The van der Waals surface area contributed by atoms with Crippen LogP contribution in [0.3, 0.4) is 0 Å². The fourth-order valence-corrected chi connectivity index (χ4v) is 1.75. The summed E-state index contributed by atoms with van der Waals surface area (Å²) in [4.78, 5) is 10.4. The van der Waals surface area contributed by atoms with E-state index in [9.17, 15) is 13.2 Å². The molecule has 0 heterocycles. The number of carbonyl (C=O) groups excluding carboxylic acids is 1. The Labute approximate surface area is 65.7 Å². The van der Waals surface area contributed by atoms with Crippen molar-refractivity contribution < 1.29 is 13.2 Å². The molecule has 0 radical (unpaired) electrons. The van der Waals surface area contributed by atoms with Crippen molar-refractivity contribution in [1.29, 1.82) is 5.26 Å². The molecule has 0 unspecified atom stereocenters. The molecule has 0 aliphatic heterocycles. The molecule has 4 nitrogen and oxygen atoms in total. The van der Waals surface area contributed by atoms with Gasteiger partial charge in [-0.25, -0.2) is 8.42 Å². The van der Waals surface area contributed by atoms with Gasteiger partial charge < -0.3 is 0 Å². The molecule has 0 amide bonds. The Balaban J connectivity index is 4.05. The summed E-state index contributed by atoms with van der Waals surface area (Å²) >= 11 is 0. The van der Waals surface area contributed by atoms with Crippen molar-refractivity contribution in [3.05, 3.63) is 0 Å². The highest BCUT2D eigenvalue weighted by atomic mass is 32.2. The second-order valence-electron chi connectivity index (χ2n) is 2.20. The van der Waals surface area contributed by atoms with Gasteiger partial charge in [0, 0.05) is 6.42 Å². The van der Waals surface area contributed by atoms with Crippen LogP contribution in [-0.4, -0.2) is 25.7 Å². The molecule has 11 heavy (non-hydrogen) atoms. The highest BCUT2D eigenvalue weighted by Gasteiger charge is 2.12. The Kier molecular flexibility index (Phi) is 3.76. The first kappa shape index (κ1) is 10.1. The van der Waals surface area contributed by atoms with Crippen molar-refractivity contribution in [3.63, 3.8) is 0 Å². The average Bonchev–Trinajstić information content (AvgIpc) is 1.81. The third kappa shape index (κ3) is 5.55. The average molecular weight is 175 g/mol. The lowest BCUT2D eigenvalue weighted by molar-refractivity contribution is -0.114. The summed E-state index contributed by atoms with van der Waals surface area (Å²) < 4.78 is 21.7. The van der Waals surface area contributed by atoms with Gasteiger partial charge in [0.1, 0.15) is 11.5 Å². The van der Waals surface area contributed by atoms with Crippen molar-refractivity contribution in [2.45, 2.75) is 13.3 Å². The first-order chi connectivity index (χ1) is 4.98. The minimum atomic E-state index is -3.32. The molecule has 0 rings (SSSR count). The van der Waals surface area contributed by atoms with Crippen LogP contribution in [0.4, 0.5) is 0 Å². The Hall–Kier alpha value is -0.890. The standard InChI is InChI=1S/C6H9NO3S/c1-6(8)5-11(9,10)4-2-3-7/h2,4-5H2,1H3. The van der Waals surface area contributed by atoms with E-state index in [1.54, 1.807) is 6.07 Å². The maximum atomic E-state index is 10.8. The molecular formula is C6H9NO3S. The molecule has 0 saturated heterocycles. The van der Waals surface area contributed by atoms with E-state index in [1.165, 1.54) is 6.92 Å². The number of hydrogen-bond acceptors (Lipinski definition) is 4. The minimum absolute atomic E-state index is 0.0460. The van der Waals surface area contributed by atoms with E-state index in [-0.39, 0.29) is 18.0 Å². The molecule has 0 aromatic heterocycles. The third-order valence-corrected chi connectivity index (χ3v) is 2.62. The number of nitrogens with zero attached hydrogens (tertiary/aromatic N) is 1. The highest BCUT2D eigenvalue weighted by molar-refractivity contribution is 7.92. The van der Waals surface area contributed by atoms with Gasteiger partial charge in [0.05, 0.1) is 11.8 Å². The fraction of sp³-hybridized carbons (Fsp3) is 0.667. The van der Waals surface area contributed by atoms with Gasteiger partial charge in [-0.15, -0.1) is 0 Å².